The summed E-state index contributed by atoms with van der Waals surface area (Å²) < 4.78 is 10.3. The largest absolute Gasteiger partial charge is 0.383 e. The number of ether oxygens (including phenoxy) is 2. The van der Waals surface area contributed by atoms with Crippen molar-refractivity contribution in [3.05, 3.63) is 10.6 Å². The Balaban J connectivity index is 2.20. The van der Waals surface area contributed by atoms with Gasteiger partial charge in [0.05, 0.1) is 23.8 Å². The number of aldehydes is 1. The molecule has 0 N–H and O–H groups in total. The molecule has 1 heterocycles. The molecule has 0 aromatic carbocycles. The zero-order valence-corrected chi connectivity index (χ0v) is 13.1. The van der Waals surface area contributed by atoms with Crippen LogP contribution in [0.4, 0.5) is 5.13 Å². The topological polar surface area (TPSA) is 51.7 Å². The van der Waals surface area contributed by atoms with Gasteiger partial charge in [0.15, 0.2) is 11.4 Å². The first-order valence-electron chi connectivity index (χ1n) is 6.90. The van der Waals surface area contributed by atoms with E-state index in [-0.39, 0.29) is 0 Å². The summed E-state index contributed by atoms with van der Waals surface area (Å²) in [6.07, 6.45) is 3.43. The van der Waals surface area contributed by atoms with Gasteiger partial charge in [-0.2, -0.15) is 0 Å². The van der Waals surface area contributed by atoms with Gasteiger partial charge in [-0.3, -0.25) is 4.79 Å². The zero-order valence-electron chi connectivity index (χ0n) is 12.3. The first-order valence-corrected chi connectivity index (χ1v) is 7.72. The van der Waals surface area contributed by atoms with E-state index in [4.69, 9.17) is 9.47 Å². The number of carbonyl (C=O) groups is 1. The molecule has 20 heavy (non-hydrogen) atoms. The molecule has 1 fully saturated rings. The van der Waals surface area contributed by atoms with Crippen LogP contribution in [-0.2, 0) is 16.1 Å². The molecule has 1 aromatic rings. The van der Waals surface area contributed by atoms with E-state index < -0.39 is 0 Å². The van der Waals surface area contributed by atoms with E-state index in [0.717, 1.165) is 29.6 Å². The quantitative estimate of drug-likeness (QED) is 0.655. The maximum Gasteiger partial charge on any atom is 0.186 e. The number of anilines is 1. The van der Waals surface area contributed by atoms with Gasteiger partial charge in [-0.1, -0.05) is 11.3 Å². The molecule has 1 atom stereocenters. The van der Waals surface area contributed by atoms with Crippen LogP contribution in [0.1, 0.15) is 35.1 Å². The van der Waals surface area contributed by atoms with Crippen LogP contribution in [0.3, 0.4) is 0 Å². The van der Waals surface area contributed by atoms with Crippen molar-refractivity contribution >= 4 is 22.8 Å². The molecule has 5 nitrogen and oxygen atoms in total. The Hall–Kier alpha value is -0.980. The fourth-order valence-corrected chi connectivity index (χ4v) is 3.30. The van der Waals surface area contributed by atoms with Gasteiger partial charge in [-0.15, -0.1) is 0 Å². The molecule has 0 aliphatic heterocycles. The second-order valence-corrected chi connectivity index (χ2v) is 6.13. The maximum absolute atomic E-state index is 11.1. The molecule has 112 valence electrons. The molecular weight excluding hydrogens is 276 g/mol. The van der Waals surface area contributed by atoms with Crippen molar-refractivity contribution in [2.45, 2.75) is 32.4 Å². The highest BCUT2D eigenvalue weighted by molar-refractivity contribution is 7.17. The van der Waals surface area contributed by atoms with Gasteiger partial charge in [-0.05, 0) is 25.7 Å². The number of methoxy groups -OCH3 is 2. The van der Waals surface area contributed by atoms with Crippen LogP contribution in [-0.4, -0.2) is 44.7 Å². The number of nitrogens with zero attached hydrogens (tertiary/aromatic N) is 2. The SMILES string of the molecule is COCCN(c1nc(COC)c(C=O)s1)C(C)C1CC1. The Morgan fingerprint density at radius 1 is 1.45 bits per heavy atom. The molecule has 1 aliphatic rings. The lowest BCUT2D eigenvalue weighted by Gasteiger charge is -2.28. The number of hydrogen-bond donors (Lipinski definition) is 0. The molecule has 2 rings (SSSR count). The summed E-state index contributed by atoms with van der Waals surface area (Å²) in [5, 5.41) is 0.899. The molecule has 0 radical (unpaired) electrons. The third-order valence-electron chi connectivity index (χ3n) is 3.68. The standard InChI is InChI=1S/C14H22N2O3S/c1-10(11-4-5-11)16(6-7-18-2)14-15-12(9-19-3)13(8-17)20-14/h8,10-11H,4-7,9H2,1-3H3. The van der Waals surface area contributed by atoms with E-state index >= 15 is 0 Å². The molecule has 0 bridgehead atoms. The fourth-order valence-electron chi connectivity index (χ4n) is 2.30. The molecule has 6 heteroatoms. The first-order chi connectivity index (χ1) is 9.71. The molecular formula is C14H22N2O3S. The van der Waals surface area contributed by atoms with Gasteiger partial charge in [0.2, 0.25) is 0 Å². The average Bonchev–Trinajstić information content (AvgIpc) is 3.22. The highest BCUT2D eigenvalue weighted by Gasteiger charge is 2.33. The summed E-state index contributed by atoms with van der Waals surface area (Å²) in [6.45, 7) is 4.06. The summed E-state index contributed by atoms with van der Waals surface area (Å²) in [7, 11) is 3.32. The molecule has 0 amide bonds. The van der Waals surface area contributed by atoms with E-state index in [2.05, 4.69) is 16.8 Å². The van der Waals surface area contributed by atoms with Gasteiger partial charge < -0.3 is 14.4 Å². The van der Waals surface area contributed by atoms with E-state index in [1.165, 1.54) is 24.2 Å². The second-order valence-electron chi connectivity index (χ2n) is 5.12. The van der Waals surface area contributed by atoms with Crippen molar-refractivity contribution in [2.24, 2.45) is 5.92 Å². The molecule has 1 unspecified atom stereocenters. The monoisotopic (exact) mass is 298 g/mol. The molecule has 1 aliphatic carbocycles. The van der Waals surface area contributed by atoms with Gasteiger partial charge >= 0.3 is 0 Å². The summed E-state index contributed by atoms with van der Waals surface area (Å²) >= 11 is 1.44. The molecule has 0 saturated heterocycles. The molecule has 1 aromatic heterocycles. The van der Waals surface area contributed by atoms with Gasteiger partial charge in [-0.25, -0.2) is 4.98 Å². The normalized spacial score (nSPS) is 16.1. The number of aromatic nitrogens is 1. The van der Waals surface area contributed by atoms with E-state index in [0.29, 0.717) is 24.1 Å². The van der Waals surface area contributed by atoms with Crippen LogP contribution in [0.25, 0.3) is 0 Å². The number of thiazole rings is 1. The predicted molar refractivity (Wildman–Crippen MR) is 79.6 cm³/mol. The third kappa shape index (κ3) is 3.56. The summed E-state index contributed by atoms with van der Waals surface area (Å²) in [6, 6.07) is 0.436. The van der Waals surface area contributed by atoms with Crippen LogP contribution in [0.5, 0.6) is 0 Å². The summed E-state index contributed by atoms with van der Waals surface area (Å²) in [4.78, 5) is 18.6. The first kappa shape index (κ1) is 15.4. The van der Waals surface area contributed by atoms with Crippen molar-refractivity contribution in [2.75, 3.05) is 32.3 Å². The smallest absolute Gasteiger partial charge is 0.186 e. The van der Waals surface area contributed by atoms with Crippen LogP contribution in [0, 0.1) is 5.92 Å². The fraction of sp³-hybridized carbons (Fsp3) is 0.714. The minimum atomic E-state index is 0.375. The lowest BCUT2D eigenvalue weighted by atomic mass is 10.2. The Morgan fingerprint density at radius 3 is 2.75 bits per heavy atom. The Morgan fingerprint density at radius 2 is 2.20 bits per heavy atom. The Bertz CT molecular complexity index is 446. The van der Waals surface area contributed by atoms with Gasteiger partial charge in [0.25, 0.3) is 0 Å². The van der Waals surface area contributed by atoms with Crippen LogP contribution < -0.4 is 4.90 Å². The minimum absolute atomic E-state index is 0.375. The highest BCUT2D eigenvalue weighted by Crippen LogP contribution is 2.38. The Kier molecular flexibility index (Phi) is 5.51. The van der Waals surface area contributed by atoms with E-state index in [9.17, 15) is 4.79 Å². The zero-order chi connectivity index (χ0) is 14.5. The molecule has 0 spiro atoms. The van der Waals surface area contributed by atoms with Crippen molar-refractivity contribution in [1.82, 2.24) is 4.98 Å². The number of hydrogen-bond acceptors (Lipinski definition) is 6. The van der Waals surface area contributed by atoms with Crippen LogP contribution in [0.15, 0.2) is 0 Å². The van der Waals surface area contributed by atoms with Crippen molar-refractivity contribution in [3.63, 3.8) is 0 Å². The van der Waals surface area contributed by atoms with Gasteiger partial charge in [0, 0.05) is 26.8 Å². The minimum Gasteiger partial charge on any atom is -0.383 e. The van der Waals surface area contributed by atoms with Crippen molar-refractivity contribution < 1.29 is 14.3 Å². The van der Waals surface area contributed by atoms with Crippen LogP contribution in [0.2, 0.25) is 0 Å². The number of rotatable bonds is 9. The maximum atomic E-state index is 11.1. The van der Waals surface area contributed by atoms with Crippen LogP contribution >= 0.6 is 11.3 Å². The van der Waals surface area contributed by atoms with Gasteiger partial charge in [0.1, 0.15) is 0 Å². The van der Waals surface area contributed by atoms with Crippen molar-refractivity contribution in [1.29, 1.82) is 0 Å². The average molecular weight is 298 g/mol. The lowest BCUT2D eigenvalue weighted by molar-refractivity contribution is 0.112. The summed E-state index contributed by atoms with van der Waals surface area (Å²) in [5.74, 6) is 0.737. The highest BCUT2D eigenvalue weighted by atomic mass is 32.1. The Labute approximate surface area is 123 Å². The molecule has 1 saturated carbocycles. The second kappa shape index (κ2) is 7.15. The van der Waals surface area contributed by atoms with E-state index in [1.54, 1.807) is 14.2 Å². The lowest BCUT2D eigenvalue weighted by Crippen LogP contribution is -2.37. The predicted octanol–water partition coefficient (Wildman–Crippen LogP) is 2.35. The van der Waals surface area contributed by atoms with Crippen molar-refractivity contribution in [3.8, 4) is 0 Å². The third-order valence-corrected chi connectivity index (χ3v) is 4.74. The van der Waals surface area contributed by atoms with E-state index in [1.807, 2.05) is 0 Å². The number of carbonyl (C=O) groups excluding carboxylic acids is 1. The summed E-state index contributed by atoms with van der Waals surface area (Å²) in [5.41, 5.74) is 0.730.